The highest BCUT2D eigenvalue weighted by atomic mass is 16.6. The zero-order valence-corrected chi connectivity index (χ0v) is 11.4. The Balaban J connectivity index is 2.03. The van der Waals surface area contributed by atoms with E-state index < -0.39 is 11.9 Å². The van der Waals surface area contributed by atoms with E-state index in [0.717, 1.165) is 6.08 Å². The lowest BCUT2D eigenvalue weighted by atomic mass is 10.2. The van der Waals surface area contributed by atoms with Crippen molar-refractivity contribution in [3.63, 3.8) is 0 Å². The summed E-state index contributed by atoms with van der Waals surface area (Å²) in [6, 6.07) is 10.3. The summed E-state index contributed by atoms with van der Waals surface area (Å²) in [6.07, 6.45) is 2.37. The van der Waals surface area contributed by atoms with E-state index >= 15 is 0 Å². The zero-order valence-electron chi connectivity index (χ0n) is 11.4. The minimum Gasteiger partial charge on any atom is -0.504 e. The number of rotatable bonds is 3. The highest BCUT2D eigenvalue weighted by Gasteiger charge is 2.13. The fraction of sp³-hybridized carbons (Fsp3) is 0. The first-order valence-electron chi connectivity index (χ1n) is 6.28. The van der Waals surface area contributed by atoms with Gasteiger partial charge in [0.25, 0.3) is 0 Å². The summed E-state index contributed by atoms with van der Waals surface area (Å²) in [5.74, 6) is -2.31. The molecule has 0 saturated heterocycles. The van der Waals surface area contributed by atoms with Crippen LogP contribution in [-0.4, -0.2) is 22.2 Å². The lowest BCUT2D eigenvalue weighted by Crippen LogP contribution is -2.12. The first kappa shape index (κ1) is 15.1. The number of phenolic OH excluding ortho intramolecular Hbond substituents is 2. The van der Waals surface area contributed by atoms with Crippen molar-refractivity contribution in [1.82, 2.24) is 0 Å². The van der Waals surface area contributed by atoms with Gasteiger partial charge in [-0.15, -0.1) is 0 Å². The third kappa shape index (κ3) is 3.63. The molecule has 4 N–H and O–H groups in total. The minimum absolute atomic E-state index is 0.103. The third-order valence-electron chi connectivity index (χ3n) is 2.79. The summed E-state index contributed by atoms with van der Waals surface area (Å²) in [5, 5.41) is 18.5. The summed E-state index contributed by atoms with van der Waals surface area (Å²) in [6.45, 7) is 0. The fourth-order valence-corrected chi connectivity index (χ4v) is 1.67. The molecule has 22 heavy (non-hydrogen) atoms. The lowest BCUT2D eigenvalue weighted by Gasteiger charge is -2.03. The molecule has 2 aromatic carbocycles. The standard InChI is InChI=1S/C16H13NO5/c17-12-4-2-1-3-11(12)16(21)22-15(20)8-6-10-5-7-13(18)14(19)9-10/h1-9,18-19H,17H2/b8-6+. The predicted molar refractivity (Wildman–Crippen MR) is 80.1 cm³/mol. The largest absolute Gasteiger partial charge is 0.504 e. The maximum Gasteiger partial charge on any atom is 0.348 e. The number of anilines is 1. The van der Waals surface area contributed by atoms with Crippen LogP contribution in [0.1, 0.15) is 15.9 Å². The van der Waals surface area contributed by atoms with Gasteiger partial charge in [0.15, 0.2) is 11.5 Å². The van der Waals surface area contributed by atoms with E-state index in [4.69, 9.17) is 10.8 Å². The number of para-hydroxylation sites is 1. The molecule has 112 valence electrons. The van der Waals surface area contributed by atoms with Crippen LogP contribution in [0.25, 0.3) is 6.08 Å². The monoisotopic (exact) mass is 299 g/mol. The van der Waals surface area contributed by atoms with Crippen LogP contribution in [0.15, 0.2) is 48.5 Å². The van der Waals surface area contributed by atoms with Crippen LogP contribution in [-0.2, 0) is 9.53 Å². The van der Waals surface area contributed by atoms with Gasteiger partial charge >= 0.3 is 11.9 Å². The SMILES string of the molecule is Nc1ccccc1C(=O)OC(=O)/C=C/c1ccc(O)c(O)c1. The Morgan fingerprint density at radius 1 is 1.05 bits per heavy atom. The Labute approximate surface area is 126 Å². The molecule has 2 aromatic rings. The highest BCUT2D eigenvalue weighted by molar-refractivity contribution is 6.03. The molecule has 0 fully saturated rings. The number of hydrogen-bond donors (Lipinski definition) is 3. The molecule has 0 radical (unpaired) electrons. The zero-order chi connectivity index (χ0) is 16.1. The number of esters is 2. The van der Waals surface area contributed by atoms with E-state index in [1.54, 1.807) is 12.1 Å². The fourth-order valence-electron chi connectivity index (χ4n) is 1.67. The van der Waals surface area contributed by atoms with E-state index in [9.17, 15) is 14.7 Å². The normalized spacial score (nSPS) is 10.5. The van der Waals surface area contributed by atoms with Crippen molar-refractivity contribution in [3.8, 4) is 11.5 Å². The van der Waals surface area contributed by atoms with Gasteiger partial charge in [-0.2, -0.15) is 0 Å². The molecule has 0 atom stereocenters. The molecule has 0 saturated carbocycles. The first-order valence-corrected chi connectivity index (χ1v) is 6.28. The number of carbonyl (C=O) groups is 2. The van der Waals surface area contributed by atoms with Crippen LogP contribution in [0.5, 0.6) is 11.5 Å². The Morgan fingerprint density at radius 3 is 2.45 bits per heavy atom. The van der Waals surface area contributed by atoms with Crippen molar-refractivity contribution < 1.29 is 24.5 Å². The Kier molecular flexibility index (Phi) is 4.43. The number of nitrogens with two attached hydrogens (primary N) is 1. The quantitative estimate of drug-likeness (QED) is 0.263. The van der Waals surface area contributed by atoms with Gasteiger partial charge in [0.2, 0.25) is 0 Å². The summed E-state index contributed by atoms with van der Waals surface area (Å²) in [5.41, 5.74) is 6.39. The number of carbonyl (C=O) groups excluding carboxylic acids is 2. The van der Waals surface area contributed by atoms with Crippen LogP contribution >= 0.6 is 0 Å². The lowest BCUT2D eigenvalue weighted by molar-refractivity contribution is -0.132. The second-order valence-corrected chi connectivity index (χ2v) is 4.38. The maximum absolute atomic E-state index is 11.8. The predicted octanol–water partition coefficient (Wildman–Crippen LogP) is 2.08. The minimum atomic E-state index is -0.874. The van der Waals surface area contributed by atoms with E-state index in [-0.39, 0.29) is 22.7 Å². The molecule has 2 rings (SSSR count). The molecule has 0 aliphatic heterocycles. The van der Waals surface area contributed by atoms with Gasteiger partial charge in [0.05, 0.1) is 5.56 Å². The van der Waals surface area contributed by atoms with Crippen LogP contribution in [0, 0.1) is 0 Å². The summed E-state index contributed by atoms with van der Waals surface area (Å²) >= 11 is 0. The van der Waals surface area contributed by atoms with Crippen LogP contribution in [0.3, 0.4) is 0 Å². The van der Waals surface area contributed by atoms with Crippen molar-refractivity contribution >= 4 is 23.7 Å². The molecule has 0 bridgehead atoms. The van der Waals surface area contributed by atoms with Crippen LogP contribution in [0.4, 0.5) is 5.69 Å². The second kappa shape index (κ2) is 6.45. The van der Waals surface area contributed by atoms with E-state index in [1.807, 2.05) is 0 Å². The number of nitrogen functional groups attached to an aromatic ring is 1. The molecule has 0 amide bonds. The van der Waals surface area contributed by atoms with Crippen LogP contribution in [0.2, 0.25) is 0 Å². The van der Waals surface area contributed by atoms with Crippen molar-refractivity contribution in [1.29, 1.82) is 0 Å². The van der Waals surface area contributed by atoms with Gasteiger partial charge in [-0.25, -0.2) is 9.59 Å². The highest BCUT2D eigenvalue weighted by Crippen LogP contribution is 2.25. The number of phenols is 2. The molecule has 0 aromatic heterocycles. The number of benzene rings is 2. The maximum atomic E-state index is 11.8. The summed E-state index contributed by atoms with van der Waals surface area (Å²) in [4.78, 5) is 23.3. The first-order chi connectivity index (χ1) is 10.5. The van der Waals surface area contributed by atoms with Gasteiger partial charge in [-0.05, 0) is 35.9 Å². The van der Waals surface area contributed by atoms with E-state index in [0.29, 0.717) is 5.56 Å². The van der Waals surface area contributed by atoms with E-state index in [1.165, 1.54) is 36.4 Å². The average molecular weight is 299 g/mol. The van der Waals surface area contributed by atoms with Crippen molar-refractivity contribution in [2.45, 2.75) is 0 Å². The van der Waals surface area contributed by atoms with Crippen molar-refractivity contribution in [2.75, 3.05) is 5.73 Å². The molecule has 0 heterocycles. The van der Waals surface area contributed by atoms with Gasteiger partial charge in [-0.1, -0.05) is 18.2 Å². The summed E-state index contributed by atoms with van der Waals surface area (Å²) < 4.78 is 4.64. The smallest absolute Gasteiger partial charge is 0.348 e. The Hall–Kier alpha value is -3.28. The molecular weight excluding hydrogens is 286 g/mol. The van der Waals surface area contributed by atoms with Gasteiger partial charge < -0.3 is 20.7 Å². The summed E-state index contributed by atoms with van der Waals surface area (Å²) in [7, 11) is 0. The Morgan fingerprint density at radius 2 is 1.77 bits per heavy atom. The molecular formula is C16H13NO5. The van der Waals surface area contributed by atoms with Gasteiger partial charge in [0.1, 0.15) is 0 Å². The molecule has 0 aliphatic carbocycles. The number of aromatic hydroxyl groups is 2. The van der Waals surface area contributed by atoms with Crippen LogP contribution < -0.4 is 5.73 Å². The molecule has 0 unspecified atom stereocenters. The molecule has 6 heteroatoms. The molecule has 6 nitrogen and oxygen atoms in total. The van der Waals surface area contributed by atoms with Crippen molar-refractivity contribution in [3.05, 3.63) is 59.7 Å². The number of ether oxygens (including phenoxy) is 1. The molecule has 0 aliphatic rings. The Bertz CT molecular complexity index is 752. The topological polar surface area (TPSA) is 110 Å². The molecule has 0 spiro atoms. The number of hydrogen-bond acceptors (Lipinski definition) is 6. The van der Waals surface area contributed by atoms with Gasteiger partial charge in [-0.3, -0.25) is 0 Å². The average Bonchev–Trinajstić information content (AvgIpc) is 2.49. The second-order valence-electron chi connectivity index (χ2n) is 4.38. The van der Waals surface area contributed by atoms with Crippen molar-refractivity contribution in [2.24, 2.45) is 0 Å². The van der Waals surface area contributed by atoms with E-state index in [2.05, 4.69) is 4.74 Å². The third-order valence-corrected chi connectivity index (χ3v) is 2.79. The van der Waals surface area contributed by atoms with Gasteiger partial charge in [0, 0.05) is 11.8 Å².